The lowest BCUT2D eigenvalue weighted by atomic mass is 9.58. The summed E-state index contributed by atoms with van der Waals surface area (Å²) in [5.41, 5.74) is 3.20. The van der Waals surface area contributed by atoms with Crippen LogP contribution in [0.3, 0.4) is 0 Å². The molecule has 1 nitrogen and oxygen atoms in total. The van der Waals surface area contributed by atoms with E-state index in [1.54, 1.807) is 0 Å². The average Bonchev–Trinajstić information content (AvgIpc) is 2.51. The second-order valence-electron chi connectivity index (χ2n) is 6.17. The van der Waals surface area contributed by atoms with Crippen LogP contribution in [-0.2, 0) is 5.41 Å². The SMILES string of the molecule is CCCNC(c1ccccc1)C1(c2ccccc2)CCC1. The Balaban J connectivity index is 1.98. The highest BCUT2D eigenvalue weighted by molar-refractivity contribution is 5.35. The van der Waals surface area contributed by atoms with E-state index in [0.717, 1.165) is 6.54 Å². The number of nitrogens with one attached hydrogen (secondary N) is 1. The number of hydrogen-bond acceptors (Lipinski definition) is 1. The molecule has 110 valence electrons. The third-order valence-corrected chi connectivity index (χ3v) is 4.88. The predicted octanol–water partition coefficient (Wildman–Crippen LogP) is 4.85. The summed E-state index contributed by atoms with van der Waals surface area (Å²) in [6.45, 7) is 3.32. The second-order valence-corrected chi connectivity index (χ2v) is 6.17. The second kappa shape index (κ2) is 6.44. The Labute approximate surface area is 128 Å². The molecule has 0 radical (unpaired) electrons. The maximum absolute atomic E-state index is 3.83. The summed E-state index contributed by atoms with van der Waals surface area (Å²) in [6, 6.07) is 22.5. The molecule has 1 unspecified atom stereocenters. The maximum Gasteiger partial charge on any atom is 0.0418 e. The van der Waals surface area contributed by atoms with E-state index in [1.165, 1.54) is 36.8 Å². The summed E-state index contributed by atoms with van der Waals surface area (Å²) >= 11 is 0. The minimum Gasteiger partial charge on any atom is -0.309 e. The lowest BCUT2D eigenvalue weighted by Gasteiger charge is -2.49. The molecule has 0 aliphatic heterocycles. The van der Waals surface area contributed by atoms with E-state index in [4.69, 9.17) is 0 Å². The van der Waals surface area contributed by atoms with Gasteiger partial charge < -0.3 is 5.32 Å². The lowest BCUT2D eigenvalue weighted by molar-refractivity contribution is 0.169. The first-order chi connectivity index (χ1) is 10.4. The molecule has 2 aromatic rings. The fraction of sp³-hybridized carbons (Fsp3) is 0.400. The van der Waals surface area contributed by atoms with Gasteiger partial charge in [-0.25, -0.2) is 0 Å². The minimum atomic E-state index is 0.276. The molecule has 1 saturated carbocycles. The molecule has 2 aromatic carbocycles. The third-order valence-electron chi connectivity index (χ3n) is 4.88. The molecule has 1 aliphatic rings. The zero-order valence-electron chi connectivity index (χ0n) is 12.9. The van der Waals surface area contributed by atoms with E-state index < -0.39 is 0 Å². The molecular weight excluding hydrogens is 254 g/mol. The number of hydrogen-bond donors (Lipinski definition) is 1. The largest absolute Gasteiger partial charge is 0.309 e. The third kappa shape index (κ3) is 2.75. The Morgan fingerprint density at radius 1 is 0.952 bits per heavy atom. The molecule has 0 spiro atoms. The fourth-order valence-electron chi connectivity index (χ4n) is 3.64. The molecule has 0 aromatic heterocycles. The molecule has 0 heterocycles. The van der Waals surface area contributed by atoms with Gasteiger partial charge in [-0.3, -0.25) is 0 Å². The number of benzene rings is 2. The zero-order valence-corrected chi connectivity index (χ0v) is 12.9. The summed E-state index contributed by atoms with van der Waals surface area (Å²) in [5.74, 6) is 0. The number of rotatable bonds is 6. The van der Waals surface area contributed by atoms with Crippen molar-refractivity contribution in [2.45, 2.75) is 44.1 Å². The standard InChI is InChI=1S/C20H25N/c1-2-16-21-19(17-10-5-3-6-11-17)20(14-9-15-20)18-12-7-4-8-13-18/h3-8,10-13,19,21H,2,9,14-16H2,1H3. The first kappa shape index (κ1) is 14.3. The maximum atomic E-state index is 3.83. The fourth-order valence-corrected chi connectivity index (χ4v) is 3.64. The Kier molecular flexibility index (Phi) is 4.40. The smallest absolute Gasteiger partial charge is 0.0418 e. The molecular formula is C20H25N. The highest BCUT2D eigenvalue weighted by Crippen LogP contribution is 2.52. The van der Waals surface area contributed by atoms with Gasteiger partial charge in [0, 0.05) is 11.5 Å². The Morgan fingerprint density at radius 2 is 1.57 bits per heavy atom. The van der Waals surface area contributed by atoms with Crippen LogP contribution in [0.4, 0.5) is 0 Å². The topological polar surface area (TPSA) is 12.0 Å². The summed E-state index contributed by atoms with van der Waals surface area (Å²) in [5, 5.41) is 3.83. The van der Waals surface area contributed by atoms with E-state index in [0.29, 0.717) is 6.04 Å². The van der Waals surface area contributed by atoms with E-state index in [9.17, 15) is 0 Å². The van der Waals surface area contributed by atoms with Crippen LogP contribution in [0, 0.1) is 0 Å². The van der Waals surface area contributed by atoms with Gasteiger partial charge in [-0.2, -0.15) is 0 Å². The molecule has 3 rings (SSSR count). The van der Waals surface area contributed by atoms with Crippen molar-refractivity contribution in [2.24, 2.45) is 0 Å². The molecule has 1 N–H and O–H groups in total. The first-order valence-electron chi connectivity index (χ1n) is 8.21. The van der Waals surface area contributed by atoms with E-state index in [-0.39, 0.29) is 5.41 Å². The van der Waals surface area contributed by atoms with Gasteiger partial charge in [0.2, 0.25) is 0 Å². The van der Waals surface area contributed by atoms with Gasteiger partial charge in [-0.05, 0) is 36.9 Å². The monoisotopic (exact) mass is 279 g/mol. The van der Waals surface area contributed by atoms with Gasteiger partial charge in [-0.15, -0.1) is 0 Å². The summed E-state index contributed by atoms with van der Waals surface area (Å²) in [7, 11) is 0. The molecule has 0 bridgehead atoms. The molecule has 1 fully saturated rings. The van der Waals surface area contributed by atoms with Crippen LogP contribution in [0.15, 0.2) is 60.7 Å². The van der Waals surface area contributed by atoms with Crippen molar-refractivity contribution in [3.05, 3.63) is 71.8 Å². The summed E-state index contributed by atoms with van der Waals surface area (Å²) < 4.78 is 0. The van der Waals surface area contributed by atoms with Crippen LogP contribution >= 0.6 is 0 Å². The zero-order chi connectivity index (χ0) is 14.5. The van der Waals surface area contributed by atoms with Crippen LogP contribution in [0.1, 0.15) is 49.8 Å². The van der Waals surface area contributed by atoms with E-state index in [1.807, 2.05) is 0 Å². The highest BCUT2D eigenvalue weighted by atomic mass is 14.9. The summed E-state index contributed by atoms with van der Waals surface area (Å²) in [4.78, 5) is 0. The van der Waals surface area contributed by atoms with Crippen LogP contribution in [-0.4, -0.2) is 6.54 Å². The van der Waals surface area contributed by atoms with Crippen molar-refractivity contribution in [1.29, 1.82) is 0 Å². The van der Waals surface area contributed by atoms with Crippen LogP contribution < -0.4 is 5.32 Å². The molecule has 1 atom stereocenters. The molecule has 0 amide bonds. The molecule has 1 aliphatic carbocycles. The highest BCUT2D eigenvalue weighted by Gasteiger charge is 2.45. The molecule has 0 saturated heterocycles. The normalized spacial score (nSPS) is 18.0. The van der Waals surface area contributed by atoms with E-state index >= 15 is 0 Å². The Morgan fingerprint density at radius 3 is 2.10 bits per heavy atom. The van der Waals surface area contributed by atoms with Crippen molar-refractivity contribution in [3.8, 4) is 0 Å². The van der Waals surface area contributed by atoms with Gasteiger partial charge in [-0.1, -0.05) is 74.0 Å². The van der Waals surface area contributed by atoms with Crippen molar-refractivity contribution < 1.29 is 0 Å². The van der Waals surface area contributed by atoms with Gasteiger partial charge in [0.05, 0.1) is 0 Å². The van der Waals surface area contributed by atoms with Crippen molar-refractivity contribution in [3.63, 3.8) is 0 Å². The minimum absolute atomic E-state index is 0.276. The van der Waals surface area contributed by atoms with Crippen LogP contribution in [0.5, 0.6) is 0 Å². The Bertz CT molecular complexity index is 543. The van der Waals surface area contributed by atoms with E-state index in [2.05, 4.69) is 72.9 Å². The van der Waals surface area contributed by atoms with Crippen LogP contribution in [0.2, 0.25) is 0 Å². The van der Waals surface area contributed by atoms with Crippen molar-refractivity contribution in [1.82, 2.24) is 5.32 Å². The average molecular weight is 279 g/mol. The van der Waals surface area contributed by atoms with Crippen molar-refractivity contribution >= 4 is 0 Å². The lowest BCUT2D eigenvalue weighted by Crippen LogP contribution is -2.47. The van der Waals surface area contributed by atoms with Crippen LogP contribution in [0.25, 0.3) is 0 Å². The first-order valence-corrected chi connectivity index (χ1v) is 8.21. The van der Waals surface area contributed by atoms with Crippen molar-refractivity contribution in [2.75, 3.05) is 6.54 Å². The molecule has 1 heteroatoms. The van der Waals surface area contributed by atoms with Gasteiger partial charge in [0.15, 0.2) is 0 Å². The summed E-state index contributed by atoms with van der Waals surface area (Å²) in [6.07, 6.45) is 5.08. The van der Waals surface area contributed by atoms with Gasteiger partial charge >= 0.3 is 0 Å². The van der Waals surface area contributed by atoms with Gasteiger partial charge in [0.1, 0.15) is 0 Å². The molecule has 21 heavy (non-hydrogen) atoms. The Hall–Kier alpha value is -1.60. The van der Waals surface area contributed by atoms with Gasteiger partial charge in [0.25, 0.3) is 0 Å². The predicted molar refractivity (Wildman–Crippen MR) is 89.4 cm³/mol. The quantitative estimate of drug-likeness (QED) is 0.797.